The molecule has 2 aromatic heterocycles. The average Bonchev–Trinajstić information content (AvgIpc) is 2.64. The van der Waals surface area contributed by atoms with Gasteiger partial charge in [0.05, 0.1) is 0 Å². The van der Waals surface area contributed by atoms with E-state index in [2.05, 4.69) is 9.71 Å². The summed E-state index contributed by atoms with van der Waals surface area (Å²) in [5.74, 6) is 0.0111. The quantitative estimate of drug-likeness (QED) is 0.865. The van der Waals surface area contributed by atoms with Crippen LogP contribution in [0.3, 0.4) is 0 Å². The molecule has 2 heterocycles. The van der Waals surface area contributed by atoms with E-state index in [9.17, 15) is 8.42 Å². The zero-order chi connectivity index (χ0) is 13.3. The van der Waals surface area contributed by atoms with E-state index in [0.717, 1.165) is 0 Å². The lowest BCUT2D eigenvalue weighted by Gasteiger charge is -2.12. The predicted octanol–water partition coefficient (Wildman–Crippen LogP) is 0.993. The number of sulfonamides is 1. The molecule has 0 bridgehead atoms. The Balaban J connectivity index is 2.57. The second-order valence-electron chi connectivity index (χ2n) is 4.16. The highest BCUT2D eigenvalue weighted by Crippen LogP contribution is 2.20. The molecule has 18 heavy (non-hydrogen) atoms. The van der Waals surface area contributed by atoms with E-state index >= 15 is 0 Å². The SMILES string of the molecule is CCC(C)NS(=O)(=O)c1c(N)nc2ccccn12. The minimum atomic E-state index is -3.66. The molecule has 3 N–H and O–H groups in total. The molecule has 0 aliphatic rings. The van der Waals surface area contributed by atoms with Crippen LogP contribution in [0.15, 0.2) is 29.4 Å². The topological polar surface area (TPSA) is 89.5 Å². The van der Waals surface area contributed by atoms with E-state index in [4.69, 9.17) is 5.73 Å². The number of rotatable bonds is 4. The van der Waals surface area contributed by atoms with Gasteiger partial charge in [-0.1, -0.05) is 13.0 Å². The Labute approximate surface area is 106 Å². The molecule has 0 aromatic carbocycles. The number of pyridine rings is 1. The lowest BCUT2D eigenvalue weighted by molar-refractivity contribution is 0.552. The van der Waals surface area contributed by atoms with E-state index in [1.54, 1.807) is 31.3 Å². The molecular weight excluding hydrogens is 252 g/mol. The summed E-state index contributed by atoms with van der Waals surface area (Å²) in [5.41, 5.74) is 6.22. The van der Waals surface area contributed by atoms with Crippen molar-refractivity contribution in [3.8, 4) is 0 Å². The van der Waals surface area contributed by atoms with Gasteiger partial charge in [0.1, 0.15) is 5.65 Å². The number of hydrogen-bond acceptors (Lipinski definition) is 4. The van der Waals surface area contributed by atoms with Crippen molar-refractivity contribution in [2.24, 2.45) is 0 Å². The number of fused-ring (bicyclic) bond motifs is 1. The van der Waals surface area contributed by atoms with Gasteiger partial charge in [-0.25, -0.2) is 18.1 Å². The van der Waals surface area contributed by atoms with E-state index in [-0.39, 0.29) is 16.9 Å². The lowest BCUT2D eigenvalue weighted by atomic mass is 10.3. The second-order valence-corrected chi connectivity index (χ2v) is 5.79. The highest BCUT2D eigenvalue weighted by molar-refractivity contribution is 7.89. The third-order valence-electron chi connectivity index (χ3n) is 2.73. The fourth-order valence-corrected chi connectivity index (χ4v) is 3.21. The monoisotopic (exact) mass is 268 g/mol. The number of nitrogens with two attached hydrogens (primary N) is 1. The Morgan fingerprint density at radius 3 is 2.89 bits per heavy atom. The lowest BCUT2D eigenvalue weighted by Crippen LogP contribution is -2.33. The summed E-state index contributed by atoms with van der Waals surface area (Å²) in [6, 6.07) is 5.07. The number of imidazole rings is 1. The smallest absolute Gasteiger partial charge is 0.260 e. The zero-order valence-electron chi connectivity index (χ0n) is 10.3. The summed E-state index contributed by atoms with van der Waals surface area (Å²) >= 11 is 0. The van der Waals surface area contributed by atoms with Crippen molar-refractivity contribution in [1.29, 1.82) is 0 Å². The number of hydrogen-bond donors (Lipinski definition) is 2. The molecule has 7 heteroatoms. The molecule has 2 aromatic rings. The van der Waals surface area contributed by atoms with Crippen LogP contribution in [0.5, 0.6) is 0 Å². The Bertz CT molecular complexity index is 663. The van der Waals surface area contributed by atoms with Gasteiger partial charge in [-0.15, -0.1) is 0 Å². The van der Waals surface area contributed by atoms with E-state index in [1.807, 2.05) is 6.92 Å². The van der Waals surface area contributed by atoms with Crippen molar-refractivity contribution < 1.29 is 8.42 Å². The summed E-state index contributed by atoms with van der Waals surface area (Å²) in [7, 11) is -3.66. The van der Waals surface area contributed by atoms with E-state index < -0.39 is 10.0 Å². The Morgan fingerprint density at radius 2 is 2.22 bits per heavy atom. The van der Waals surface area contributed by atoms with Gasteiger partial charge in [0.25, 0.3) is 10.0 Å². The highest BCUT2D eigenvalue weighted by Gasteiger charge is 2.24. The van der Waals surface area contributed by atoms with Crippen molar-refractivity contribution in [2.45, 2.75) is 31.3 Å². The molecule has 0 radical (unpaired) electrons. The fourth-order valence-electron chi connectivity index (χ4n) is 1.66. The van der Waals surface area contributed by atoms with Gasteiger partial charge in [0.15, 0.2) is 10.8 Å². The number of anilines is 1. The molecule has 2 rings (SSSR count). The maximum absolute atomic E-state index is 12.2. The van der Waals surface area contributed by atoms with Crippen molar-refractivity contribution in [3.63, 3.8) is 0 Å². The summed E-state index contributed by atoms with van der Waals surface area (Å²) in [6.07, 6.45) is 2.33. The van der Waals surface area contributed by atoms with Gasteiger partial charge in [-0.05, 0) is 25.5 Å². The summed E-state index contributed by atoms with van der Waals surface area (Å²) in [6.45, 7) is 3.71. The molecule has 98 valence electrons. The van der Waals surface area contributed by atoms with Gasteiger partial charge < -0.3 is 5.73 Å². The van der Waals surface area contributed by atoms with Crippen LogP contribution in [0.4, 0.5) is 5.82 Å². The molecule has 0 saturated heterocycles. The summed E-state index contributed by atoms with van der Waals surface area (Å²) < 4.78 is 28.5. The molecule has 0 fully saturated rings. The van der Waals surface area contributed by atoms with Crippen LogP contribution < -0.4 is 10.5 Å². The van der Waals surface area contributed by atoms with Crippen molar-refractivity contribution in [1.82, 2.24) is 14.1 Å². The first-order valence-corrected chi connectivity index (χ1v) is 7.19. The van der Waals surface area contributed by atoms with Gasteiger partial charge in [-0.2, -0.15) is 0 Å². The van der Waals surface area contributed by atoms with E-state index in [0.29, 0.717) is 12.1 Å². The molecule has 0 amide bonds. The predicted molar refractivity (Wildman–Crippen MR) is 69.7 cm³/mol. The van der Waals surface area contributed by atoms with Crippen LogP contribution >= 0.6 is 0 Å². The summed E-state index contributed by atoms with van der Waals surface area (Å²) in [5, 5.41) is -0.00148. The first-order chi connectivity index (χ1) is 8.45. The second kappa shape index (κ2) is 4.58. The maximum atomic E-state index is 12.2. The molecule has 1 unspecified atom stereocenters. The zero-order valence-corrected chi connectivity index (χ0v) is 11.1. The van der Waals surface area contributed by atoms with Gasteiger partial charge in [0.2, 0.25) is 0 Å². The normalized spacial score (nSPS) is 13.9. The van der Waals surface area contributed by atoms with Gasteiger partial charge >= 0.3 is 0 Å². The molecule has 1 atom stereocenters. The number of nitrogens with zero attached hydrogens (tertiary/aromatic N) is 2. The third kappa shape index (κ3) is 2.19. The Morgan fingerprint density at radius 1 is 1.50 bits per heavy atom. The van der Waals surface area contributed by atoms with Crippen molar-refractivity contribution >= 4 is 21.5 Å². The largest absolute Gasteiger partial charge is 0.381 e. The van der Waals surface area contributed by atoms with Crippen LogP contribution in [0.2, 0.25) is 0 Å². The minimum absolute atomic E-state index is 0.00148. The molecule has 0 aliphatic carbocycles. The maximum Gasteiger partial charge on any atom is 0.260 e. The fraction of sp³-hybridized carbons (Fsp3) is 0.364. The summed E-state index contributed by atoms with van der Waals surface area (Å²) in [4.78, 5) is 4.03. The number of nitrogen functional groups attached to an aromatic ring is 1. The number of aromatic nitrogens is 2. The molecular formula is C11H16N4O2S. The first-order valence-electron chi connectivity index (χ1n) is 5.70. The van der Waals surface area contributed by atoms with Crippen molar-refractivity contribution in [3.05, 3.63) is 24.4 Å². The van der Waals surface area contributed by atoms with Crippen LogP contribution in [-0.2, 0) is 10.0 Å². The van der Waals surface area contributed by atoms with E-state index in [1.165, 1.54) is 4.40 Å². The molecule has 6 nitrogen and oxygen atoms in total. The minimum Gasteiger partial charge on any atom is -0.381 e. The van der Waals surface area contributed by atoms with Crippen LogP contribution in [0.1, 0.15) is 20.3 Å². The van der Waals surface area contributed by atoms with Crippen LogP contribution in [-0.4, -0.2) is 23.8 Å². The molecule has 0 spiro atoms. The van der Waals surface area contributed by atoms with Crippen molar-refractivity contribution in [2.75, 3.05) is 5.73 Å². The van der Waals surface area contributed by atoms with Crippen LogP contribution in [0, 0.1) is 0 Å². The third-order valence-corrected chi connectivity index (χ3v) is 4.36. The van der Waals surface area contributed by atoms with Gasteiger partial charge in [-0.3, -0.25) is 4.40 Å². The average molecular weight is 268 g/mol. The number of nitrogens with one attached hydrogen (secondary N) is 1. The van der Waals surface area contributed by atoms with Crippen LogP contribution in [0.25, 0.3) is 5.65 Å². The standard InChI is InChI=1S/C11H16N4O2S/c1-3-8(2)14-18(16,17)11-10(12)13-9-6-4-5-7-15(9)11/h4-8,14H,3,12H2,1-2H3. The Hall–Kier alpha value is -1.60. The van der Waals surface area contributed by atoms with Gasteiger partial charge in [0, 0.05) is 12.2 Å². The Kier molecular flexibility index (Phi) is 3.27. The molecule has 0 saturated carbocycles. The first kappa shape index (κ1) is 12.8. The highest BCUT2D eigenvalue weighted by atomic mass is 32.2. The molecule has 0 aliphatic heterocycles.